The van der Waals surface area contributed by atoms with Crippen molar-refractivity contribution in [3.05, 3.63) is 113 Å². The van der Waals surface area contributed by atoms with Crippen LogP contribution in [0.4, 0.5) is 0 Å². The molecule has 244 valence electrons. The number of imide groups is 1. The lowest BCUT2D eigenvalue weighted by molar-refractivity contribution is -0.144. The number of likely N-dealkylation sites (tertiary alicyclic amines) is 2. The molecule has 3 aromatic carbocycles. The highest BCUT2D eigenvalue weighted by Gasteiger charge is 2.58. The van der Waals surface area contributed by atoms with Crippen molar-refractivity contribution in [3.63, 3.8) is 0 Å². The van der Waals surface area contributed by atoms with E-state index < -0.39 is 0 Å². The van der Waals surface area contributed by atoms with Crippen molar-refractivity contribution in [2.75, 3.05) is 19.7 Å². The first-order valence-corrected chi connectivity index (χ1v) is 17.4. The van der Waals surface area contributed by atoms with Crippen LogP contribution in [0.2, 0.25) is 0 Å². The molecule has 0 bridgehead atoms. The molecule has 6 nitrogen and oxygen atoms in total. The largest absolute Gasteiger partial charge is 0.508 e. The molecule has 3 heterocycles. The lowest BCUT2D eigenvalue weighted by Gasteiger charge is -2.36. The summed E-state index contributed by atoms with van der Waals surface area (Å²) in [6, 6.07) is 28.2. The van der Waals surface area contributed by atoms with E-state index in [9.17, 15) is 14.7 Å². The van der Waals surface area contributed by atoms with E-state index in [1.165, 1.54) is 22.3 Å². The zero-order valence-electron chi connectivity index (χ0n) is 27.6. The minimum atomic E-state index is -0.316. The second kappa shape index (κ2) is 13.6. The summed E-state index contributed by atoms with van der Waals surface area (Å²) in [6.45, 7) is 7.61. The van der Waals surface area contributed by atoms with E-state index in [1.54, 1.807) is 17.0 Å². The maximum atomic E-state index is 14.2. The number of aromatic hydroxyl groups is 1. The number of piperidine rings is 1. The molecule has 4 atom stereocenters. The summed E-state index contributed by atoms with van der Waals surface area (Å²) in [5.41, 5.74) is 7.18. The van der Waals surface area contributed by atoms with E-state index in [4.69, 9.17) is 4.74 Å². The second-order valence-corrected chi connectivity index (χ2v) is 14.1. The summed E-state index contributed by atoms with van der Waals surface area (Å²) in [7, 11) is 0. The molecule has 4 aliphatic rings. The Kier molecular flexibility index (Phi) is 9.15. The van der Waals surface area contributed by atoms with Gasteiger partial charge in [0, 0.05) is 31.6 Å². The monoisotopic (exact) mass is 630 g/mol. The van der Waals surface area contributed by atoms with E-state index in [2.05, 4.69) is 73.4 Å². The number of carbonyl (C=O) groups excluding carboxylic acids is 2. The Morgan fingerprint density at radius 3 is 2.34 bits per heavy atom. The molecule has 3 saturated heterocycles. The average Bonchev–Trinajstić information content (AvgIpc) is 3.61. The number of allylic oxidation sites excluding steroid dienone is 2. The molecular formula is C41H46N2O4. The van der Waals surface area contributed by atoms with Gasteiger partial charge in [-0.05, 0) is 78.0 Å². The molecule has 0 unspecified atom stereocenters. The van der Waals surface area contributed by atoms with Crippen molar-refractivity contribution < 1.29 is 19.4 Å². The molecule has 7 rings (SSSR count). The van der Waals surface area contributed by atoms with Gasteiger partial charge in [0.05, 0.1) is 24.5 Å². The summed E-state index contributed by atoms with van der Waals surface area (Å²) < 4.78 is 6.57. The van der Waals surface area contributed by atoms with Crippen LogP contribution in [0.1, 0.15) is 62.6 Å². The number of carbonyl (C=O) groups is 2. The zero-order valence-corrected chi connectivity index (χ0v) is 27.6. The van der Waals surface area contributed by atoms with Crippen LogP contribution >= 0.6 is 0 Å². The number of nitrogens with zero attached hydrogens (tertiary/aromatic N) is 2. The highest BCUT2D eigenvalue weighted by atomic mass is 16.5. The lowest BCUT2D eigenvalue weighted by atomic mass is 9.67. The molecule has 0 radical (unpaired) electrons. The van der Waals surface area contributed by atoms with E-state index >= 15 is 0 Å². The maximum Gasteiger partial charge on any atom is 0.234 e. The Labute approximate surface area is 278 Å². The van der Waals surface area contributed by atoms with Crippen LogP contribution in [-0.2, 0) is 20.9 Å². The maximum absolute atomic E-state index is 14.2. The molecule has 2 amide bonds. The summed E-state index contributed by atoms with van der Waals surface area (Å²) in [6.07, 6.45) is 5.99. The number of hydrogen-bond acceptors (Lipinski definition) is 5. The van der Waals surface area contributed by atoms with Gasteiger partial charge in [-0.3, -0.25) is 19.4 Å². The third kappa shape index (κ3) is 6.46. The van der Waals surface area contributed by atoms with E-state index in [1.807, 2.05) is 24.3 Å². The zero-order chi connectivity index (χ0) is 32.5. The molecule has 3 fully saturated rings. The molecule has 3 aliphatic heterocycles. The highest BCUT2D eigenvalue weighted by molar-refractivity contribution is 6.06. The molecule has 47 heavy (non-hydrogen) atoms. The van der Waals surface area contributed by atoms with Crippen LogP contribution in [0.25, 0.3) is 11.6 Å². The van der Waals surface area contributed by atoms with Crippen molar-refractivity contribution >= 4 is 23.5 Å². The SMILES string of the molecule is CC(C)C1=C2[C@@H](CC/C(=C/c3cccc(O)c3)c3ccccc3)OC[C@@H]2[C@@H]2C(=O)N(C3CCN(Cc4ccccc4)CC3)C(=O)[C@@H]2C1. The summed E-state index contributed by atoms with van der Waals surface area (Å²) >= 11 is 0. The van der Waals surface area contributed by atoms with Crippen LogP contribution in [0, 0.1) is 23.7 Å². The molecule has 6 heteroatoms. The standard InChI is InChI=1S/C41H46N2O4/c1-27(2)34-24-35-39(41(46)43(40(35)45)32-18-20-42(21-19-32)25-28-10-5-3-6-11-28)36-26-47-37(38(34)36)17-16-31(30-13-7-4-8-14-30)22-29-12-9-15-33(44)23-29/h3-15,22-23,27,32,35-37,39,44H,16-21,24-26H2,1-2H3/b31-22-/t35-,36+,37-,39-/m1/s1. The van der Waals surface area contributed by atoms with Gasteiger partial charge in [0.25, 0.3) is 0 Å². The van der Waals surface area contributed by atoms with Gasteiger partial charge >= 0.3 is 0 Å². The smallest absolute Gasteiger partial charge is 0.234 e. The predicted molar refractivity (Wildman–Crippen MR) is 185 cm³/mol. The minimum absolute atomic E-state index is 0.0207. The van der Waals surface area contributed by atoms with Gasteiger partial charge in [-0.2, -0.15) is 0 Å². The van der Waals surface area contributed by atoms with Gasteiger partial charge in [0.2, 0.25) is 11.8 Å². The highest BCUT2D eigenvalue weighted by Crippen LogP contribution is 2.52. The summed E-state index contributed by atoms with van der Waals surface area (Å²) in [5.74, 6) is -0.0162. The normalized spacial score (nSPS) is 25.5. The quantitative estimate of drug-likeness (QED) is 0.152. The number of rotatable bonds is 9. The van der Waals surface area contributed by atoms with E-state index in [-0.39, 0.29) is 53.4 Å². The molecular weight excluding hydrogens is 584 g/mol. The second-order valence-electron chi connectivity index (χ2n) is 14.1. The predicted octanol–water partition coefficient (Wildman–Crippen LogP) is 7.35. The Balaban J connectivity index is 1.08. The van der Waals surface area contributed by atoms with Crippen molar-refractivity contribution in [1.82, 2.24) is 9.80 Å². The fraction of sp³-hybridized carbons (Fsp3) is 0.415. The van der Waals surface area contributed by atoms with Gasteiger partial charge < -0.3 is 9.84 Å². The van der Waals surface area contributed by atoms with Crippen LogP contribution < -0.4 is 0 Å². The number of hydrogen-bond donors (Lipinski definition) is 1. The number of ether oxygens (including phenoxy) is 1. The van der Waals surface area contributed by atoms with Gasteiger partial charge in [0.15, 0.2) is 0 Å². The molecule has 1 N–H and O–H groups in total. The van der Waals surface area contributed by atoms with Gasteiger partial charge in [-0.1, -0.05) is 98.3 Å². The third-order valence-corrected chi connectivity index (χ3v) is 10.9. The first-order chi connectivity index (χ1) is 22.9. The van der Waals surface area contributed by atoms with Gasteiger partial charge in [0.1, 0.15) is 5.75 Å². The van der Waals surface area contributed by atoms with Gasteiger partial charge in [-0.15, -0.1) is 0 Å². The van der Waals surface area contributed by atoms with Crippen LogP contribution in [-0.4, -0.2) is 58.6 Å². The minimum Gasteiger partial charge on any atom is -0.508 e. The fourth-order valence-corrected chi connectivity index (χ4v) is 8.57. The Hall–Kier alpha value is -4.00. The van der Waals surface area contributed by atoms with Crippen molar-refractivity contribution in [1.29, 1.82) is 0 Å². The number of phenols is 1. The molecule has 3 aromatic rings. The fourth-order valence-electron chi connectivity index (χ4n) is 8.57. The first-order valence-electron chi connectivity index (χ1n) is 17.4. The third-order valence-electron chi connectivity index (χ3n) is 10.9. The van der Waals surface area contributed by atoms with Crippen LogP contribution in [0.3, 0.4) is 0 Å². The Morgan fingerprint density at radius 1 is 0.915 bits per heavy atom. The number of fused-ring (bicyclic) bond motifs is 3. The van der Waals surface area contributed by atoms with Crippen LogP contribution in [0.5, 0.6) is 5.75 Å². The van der Waals surface area contributed by atoms with E-state index in [0.717, 1.165) is 56.4 Å². The number of phenolic OH excluding ortho intramolecular Hbond substituents is 1. The molecule has 0 saturated carbocycles. The van der Waals surface area contributed by atoms with Crippen LogP contribution in [0.15, 0.2) is 96.1 Å². The average molecular weight is 631 g/mol. The topological polar surface area (TPSA) is 70.1 Å². The summed E-state index contributed by atoms with van der Waals surface area (Å²) in [5, 5.41) is 10.1. The Bertz CT molecular complexity index is 1650. The van der Waals surface area contributed by atoms with Crippen molar-refractivity contribution in [2.45, 2.75) is 64.6 Å². The molecule has 0 aromatic heterocycles. The molecule has 0 spiro atoms. The Morgan fingerprint density at radius 2 is 1.64 bits per heavy atom. The number of benzene rings is 3. The summed E-state index contributed by atoms with van der Waals surface area (Å²) in [4.78, 5) is 32.4. The number of amides is 2. The van der Waals surface area contributed by atoms with E-state index in [0.29, 0.717) is 13.0 Å². The van der Waals surface area contributed by atoms with Crippen molar-refractivity contribution in [2.24, 2.45) is 23.7 Å². The lowest BCUT2D eigenvalue weighted by Crippen LogP contribution is -2.47. The molecule has 1 aliphatic carbocycles. The van der Waals surface area contributed by atoms with Crippen molar-refractivity contribution in [3.8, 4) is 5.75 Å². The van der Waals surface area contributed by atoms with Gasteiger partial charge in [-0.25, -0.2) is 0 Å². The first kappa shape index (κ1) is 31.6.